The van der Waals surface area contributed by atoms with Gasteiger partial charge in [0.25, 0.3) is 0 Å². The molecule has 0 spiro atoms. The standard InChI is InChI=1S/C8H8F2N2/c9-6-3-1-2-5(8(6)10)4-7(11)12/h1-3H,4H2,(H3,11,12). The molecule has 0 radical (unpaired) electrons. The van der Waals surface area contributed by atoms with Gasteiger partial charge in [-0.05, 0) is 11.6 Å². The predicted molar refractivity (Wildman–Crippen MR) is 42.0 cm³/mol. The molecule has 0 unspecified atom stereocenters. The van der Waals surface area contributed by atoms with Gasteiger partial charge in [0.15, 0.2) is 11.6 Å². The monoisotopic (exact) mass is 170 g/mol. The molecule has 0 bridgehead atoms. The van der Waals surface area contributed by atoms with Gasteiger partial charge in [0.1, 0.15) is 0 Å². The van der Waals surface area contributed by atoms with E-state index in [9.17, 15) is 8.78 Å². The van der Waals surface area contributed by atoms with Crippen LogP contribution < -0.4 is 5.73 Å². The molecule has 0 aliphatic rings. The first-order valence-electron chi connectivity index (χ1n) is 3.37. The van der Waals surface area contributed by atoms with Gasteiger partial charge >= 0.3 is 0 Å². The van der Waals surface area contributed by atoms with Crippen LogP contribution in [0.5, 0.6) is 0 Å². The number of hydrogen-bond donors (Lipinski definition) is 2. The van der Waals surface area contributed by atoms with Gasteiger partial charge < -0.3 is 5.73 Å². The van der Waals surface area contributed by atoms with Gasteiger partial charge in [0, 0.05) is 6.42 Å². The first-order valence-corrected chi connectivity index (χ1v) is 3.37. The van der Waals surface area contributed by atoms with Gasteiger partial charge in [0.05, 0.1) is 5.84 Å². The van der Waals surface area contributed by atoms with E-state index in [-0.39, 0.29) is 17.8 Å². The number of halogens is 2. The van der Waals surface area contributed by atoms with Crippen molar-refractivity contribution in [3.8, 4) is 0 Å². The quantitative estimate of drug-likeness (QED) is 0.512. The molecule has 0 saturated carbocycles. The zero-order valence-corrected chi connectivity index (χ0v) is 6.27. The number of nitrogens with two attached hydrogens (primary N) is 1. The molecular weight excluding hydrogens is 162 g/mol. The smallest absolute Gasteiger partial charge is 0.162 e. The highest BCUT2D eigenvalue weighted by atomic mass is 19.2. The third kappa shape index (κ3) is 1.78. The molecule has 0 heterocycles. The SMILES string of the molecule is N=C(N)Cc1cccc(F)c1F. The lowest BCUT2D eigenvalue weighted by Crippen LogP contribution is -2.14. The van der Waals surface area contributed by atoms with Crippen LogP contribution in [0.15, 0.2) is 18.2 Å². The van der Waals surface area contributed by atoms with E-state index in [1.807, 2.05) is 0 Å². The third-order valence-corrected chi connectivity index (χ3v) is 1.41. The maximum absolute atomic E-state index is 12.8. The Morgan fingerprint density at radius 2 is 2.08 bits per heavy atom. The maximum Gasteiger partial charge on any atom is 0.162 e. The van der Waals surface area contributed by atoms with Gasteiger partial charge in [-0.3, -0.25) is 5.41 Å². The van der Waals surface area contributed by atoms with Crippen molar-refractivity contribution in [1.29, 1.82) is 5.41 Å². The van der Waals surface area contributed by atoms with Crippen molar-refractivity contribution in [2.45, 2.75) is 6.42 Å². The van der Waals surface area contributed by atoms with Gasteiger partial charge in [-0.15, -0.1) is 0 Å². The summed E-state index contributed by atoms with van der Waals surface area (Å²) in [4.78, 5) is 0. The van der Waals surface area contributed by atoms with Crippen LogP contribution in [0.3, 0.4) is 0 Å². The lowest BCUT2D eigenvalue weighted by Gasteiger charge is -2.01. The summed E-state index contributed by atoms with van der Waals surface area (Å²) >= 11 is 0. The second kappa shape index (κ2) is 3.30. The van der Waals surface area contributed by atoms with E-state index in [1.165, 1.54) is 12.1 Å². The van der Waals surface area contributed by atoms with E-state index in [0.29, 0.717) is 0 Å². The molecule has 0 aromatic heterocycles. The molecule has 0 aliphatic carbocycles. The molecule has 0 saturated heterocycles. The molecular formula is C8H8F2N2. The topological polar surface area (TPSA) is 49.9 Å². The first-order chi connectivity index (χ1) is 5.61. The van der Waals surface area contributed by atoms with Crippen molar-refractivity contribution in [2.75, 3.05) is 0 Å². The molecule has 1 aromatic carbocycles. The fraction of sp³-hybridized carbons (Fsp3) is 0.125. The summed E-state index contributed by atoms with van der Waals surface area (Å²) in [6.07, 6.45) is -0.0520. The number of benzene rings is 1. The molecule has 3 N–H and O–H groups in total. The average molecular weight is 170 g/mol. The van der Waals surface area contributed by atoms with Crippen LogP contribution in [0.1, 0.15) is 5.56 Å². The number of amidine groups is 1. The molecule has 0 fully saturated rings. The Kier molecular flexibility index (Phi) is 2.38. The summed E-state index contributed by atoms with van der Waals surface area (Å²) in [5.41, 5.74) is 5.15. The van der Waals surface area contributed by atoms with Crippen molar-refractivity contribution >= 4 is 5.84 Å². The molecule has 0 atom stereocenters. The molecule has 12 heavy (non-hydrogen) atoms. The summed E-state index contributed by atoms with van der Waals surface area (Å²) in [6, 6.07) is 3.81. The Labute approximate surface area is 68.5 Å². The van der Waals surface area contributed by atoms with Crippen molar-refractivity contribution in [3.63, 3.8) is 0 Å². The summed E-state index contributed by atoms with van der Waals surface area (Å²) in [7, 11) is 0. The first kappa shape index (κ1) is 8.64. The fourth-order valence-electron chi connectivity index (χ4n) is 0.890. The zero-order valence-electron chi connectivity index (χ0n) is 6.27. The number of nitrogens with one attached hydrogen (secondary N) is 1. The molecule has 0 aliphatic heterocycles. The van der Waals surface area contributed by atoms with Gasteiger partial charge in [-0.2, -0.15) is 0 Å². The van der Waals surface area contributed by atoms with Crippen molar-refractivity contribution in [3.05, 3.63) is 35.4 Å². The van der Waals surface area contributed by atoms with Gasteiger partial charge in [0.2, 0.25) is 0 Å². The average Bonchev–Trinajstić information content (AvgIpc) is 1.98. The van der Waals surface area contributed by atoms with Gasteiger partial charge in [-0.25, -0.2) is 8.78 Å². The second-order valence-corrected chi connectivity index (χ2v) is 2.41. The number of hydrogen-bond acceptors (Lipinski definition) is 1. The van der Waals surface area contributed by atoms with E-state index in [0.717, 1.165) is 6.07 Å². The second-order valence-electron chi connectivity index (χ2n) is 2.41. The minimum absolute atomic E-state index is 0.0520. The molecule has 0 amide bonds. The molecule has 4 heteroatoms. The summed E-state index contributed by atoms with van der Waals surface area (Å²) in [6.45, 7) is 0. The van der Waals surface area contributed by atoms with Crippen molar-refractivity contribution < 1.29 is 8.78 Å². The Hall–Kier alpha value is -1.45. The molecule has 64 valence electrons. The minimum Gasteiger partial charge on any atom is -0.387 e. The van der Waals surface area contributed by atoms with Crippen LogP contribution in [-0.4, -0.2) is 5.84 Å². The summed E-state index contributed by atoms with van der Waals surface area (Å²) < 4.78 is 25.4. The van der Waals surface area contributed by atoms with E-state index in [2.05, 4.69) is 0 Å². The van der Waals surface area contributed by atoms with E-state index < -0.39 is 11.6 Å². The third-order valence-electron chi connectivity index (χ3n) is 1.41. The number of rotatable bonds is 2. The fourth-order valence-corrected chi connectivity index (χ4v) is 0.890. The highest BCUT2D eigenvalue weighted by Gasteiger charge is 2.07. The highest BCUT2D eigenvalue weighted by molar-refractivity contribution is 5.79. The Balaban J connectivity index is 3.00. The summed E-state index contributed by atoms with van der Waals surface area (Å²) in [5.74, 6) is -2.01. The molecule has 1 aromatic rings. The highest BCUT2D eigenvalue weighted by Crippen LogP contribution is 2.11. The minimum atomic E-state index is -0.923. The van der Waals surface area contributed by atoms with Crippen LogP contribution in [0.4, 0.5) is 8.78 Å². The van der Waals surface area contributed by atoms with Crippen LogP contribution in [0.2, 0.25) is 0 Å². The van der Waals surface area contributed by atoms with Gasteiger partial charge in [-0.1, -0.05) is 12.1 Å². The lowest BCUT2D eigenvalue weighted by molar-refractivity contribution is 0.501. The van der Waals surface area contributed by atoms with Crippen molar-refractivity contribution in [1.82, 2.24) is 0 Å². The lowest BCUT2D eigenvalue weighted by atomic mass is 10.1. The molecule has 1 rings (SSSR count). The predicted octanol–water partition coefficient (Wildman–Crippen LogP) is 1.44. The molecule has 2 nitrogen and oxygen atoms in total. The Morgan fingerprint density at radius 3 is 2.67 bits per heavy atom. The largest absolute Gasteiger partial charge is 0.387 e. The van der Waals surface area contributed by atoms with Crippen LogP contribution >= 0.6 is 0 Å². The van der Waals surface area contributed by atoms with Crippen molar-refractivity contribution in [2.24, 2.45) is 5.73 Å². The Bertz CT molecular complexity index is 310. The van der Waals surface area contributed by atoms with Crippen LogP contribution in [0.25, 0.3) is 0 Å². The van der Waals surface area contributed by atoms with E-state index in [1.54, 1.807) is 0 Å². The maximum atomic E-state index is 12.8. The normalized spacial score (nSPS) is 9.83. The van der Waals surface area contributed by atoms with Crippen LogP contribution in [0, 0.1) is 17.0 Å². The van der Waals surface area contributed by atoms with E-state index in [4.69, 9.17) is 11.1 Å². The van der Waals surface area contributed by atoms with Crippen LogP contribution in [-0.2, 0) is 6.42 Å². The summed E-state index contributed by atoms with van der Waals surface area (Å²) in [5, 5.41) is 6.89. The Morgan fingerprint density at radius 1 is 1.42 bits per heavy atom. The zero-order chi connectivity index (χ0) is 9.14. The van der Waals surface area contributed by atoms with E-state index >= 15 is 0 Å².